The van der Waals surface area contributed by atoms with Crippen LogP contribution in [-0.4, -0.2) is 25.5 Å². The molecule has 0 saturated heterocycles. The van der Waals surface area contributed by atoms with Gasteiger partial charge in [-0.2, -0.15) is 0 Å². The van der Waals surface area contributed by atoms with Crippen LogP contribution in [0.5, 0.6) is 0 Å². The van der Waals surface area contributed by atoms with Crippen molar-refractivity contribution in [1.82, 2.24) is 0 Å². The number of unbranched alkanes of at least 4 members (excludes halogenated alkanes) is 3. The Labute approximate surface area is 222 Å². The first kappa shape index (κ1) is 32.7. The molecule has 1 nitrogen and oxygen atoms in total. The van der Waals surface area contributed by atoms with Gasteiger partial charge in [0, 0.05) is 10.8 Å². The molecule has 0 unspecified atom stereocenters. The average molecular weight is 599 g/mol. The van der Waals surface area contributed by atoms with Gasteiger partial charge >= 0.3 is 109 Å². The third-order valence-electron chi connectivity index (χ3n) is 5.05. The first-order valence-corrected chi connectivity index (χ1v) is 18.7. The Balaban J connectivity index is 0.000000482. The van der Waals surface area contributed by atoms with Gasteiger partial charge in [-0.3, -0.25) is 4.79 Å². The summed E-state index contributed by atoms with van der Waals surface area (Å²) in [6.07, 6.45) is 27.5. The van der Waals surface area contributed by atoms with E-state index in [4.69, 9.17) is 0 Å². The molecular weight excluding hydrogens is 559 g/mol. The molecule has 0 aromatic carbocycles. The summed E-state index contributed by atoms with van der Waals surface area (Å²) in [7, 11) is 0. The Bertz CT molecular complexity index is 523. The molecule has 3 rings (SSSR count). The largest absolute Gasteiger partial charge is 2.00 e. The van der Waals surface area contributed by atoms with E-state index >= 15 is 0 Å². The van der Waals surface area contributed by atoms with Gasteiger partial charge in [-0.05, 0) is 44.7 Å². The minimum Gasteiger partial charge on any atom is -0.474 e. The fourth-order valence-corrected chi connectivity index (χ4v) is 13.5. The molecule has 1 aromatic rings. The summed E-state index contributed by atoms with van der Waals surface area (Å²) in [6, 6.07) is 3.88. The minimum atomic E-state index is -0.839. The van der Waals surface area contributed by atoms with E-state index in [1.807, 2.05) is 50.7 Å². The summed E-state index contributed by atoms with van der Waals surface area (Å²) in [4.78, 5) is 13.0. The topological polar surface area (TPSA) is 17.1 Å². The van der Waals surface area contributed by atoms with Crippen LogP contribution in [0.15, 0.2) is 12.1 Å². The van der Waals surface area contributed by atoms with Gasteiger partial charge in [-0.25, -0.2) is 12.8 Å². The molecule has 0 aliphatic heterocycles. The van der Waals surface area contributed by atoms with Gasteiger partial charge in [-0.15, -0.1) is 11.3 Å². The van der Waals surface area contributed by atoms with Crippen LogP contribution in [0.4, 0.5) is 0 Å². The van der Waals surface area contributed by atoms with E-state index in [9.17, 15) is 4.79 Å². The Morgan fingerprint density at radius 1 is 0.844 bits per heavy atom. The standard InChI is InChI=1S/C11H9OS.C5H4.3C4H9.Fe.Sn/c1-8(12)10-6-7-11(13-10)9-4-2-3-5-9;1-2-4-5-3-1;3*1-3-4-2;;/h2-7H,1H3;1-4H;3*1,3-4H2,2H3;;/q;-1;;;;+2;+1. The number of hydrogen-bond donors (Lipinski definition) is 0. The quantitative estimate of drug-likeness (QED) is 0.142. The molecule has 2 aliphatic carbocycles. The van der Waals surface area contributed by atoms with Crippen molar-refractivity contribution in [3.8, 4) is 0 Å². The fraction of sp³-hybridized carbons (Fsp3) is 0.464. The summed E-state index contributed by atoms with van der Waals surface area (Å²) in [5.41, 5.74) is 0. The van der Waals surface area contributed by atoms with Gasteiger partial charge in [-0.1, -0.05) is 12.8 Å². The number of ketones is 1. The van der Waals surface area contributed by atoms with Crippen molar-refractivity contribution < 1.29 is 21.9 Å². The SMILES string of the molecule is CC(=O)c1ccc([C]2[CH][CH][CH][CH]2)s1.CCC[CH2][Sn+]([CH2]CCC)[CH2]CCC.[C-]1[CH][CH][CH][CH]1.[Fe+2]. The average Bonchev–Trinajstić information content (AvgIpc) is 3.56. The Hall–Kier alpha value is 0.688. The summed E-state index contributed by atoms with van der Waals surface area (Å²) < 4.78 is 5.04. The van der Waals surface area contributed by atoms with Gasteiger partial charge < -0.3 is 6.42 Å². The summed E-state index contributed by atoms with van der Waals surface area (Å²) in [6.45, 7) is 8.60. The zero-order chi connectivity index (χ0) is 22.7. The molecule has 2 aliphatic rings. The van der Waals surface area contributed by atoms with Crippen molar-refractivity contribution in [2.45, 2.75) is 79.5 Å². The first-order valence-electron chi connectivity index (χ1n) is 11.9. The second-order valence-electron chi connectivity index (χ2n) is 7.84. The molecule has 174 valence electrons. The smallest absolute Gasteiger partial charge is 0.474 e. The second-order valence-corrected chi connectivity index (χ2v) is 17.5. The van der Waals surface area contributed by atoms with Gasteiger partial charge in [0.05, 0.1) is 4.88 Å². The van der Waals surface area contributed by atoms with Gasteiger partial charge in [0.2, 0.25) is 0 Å². The first-order chi connectivity index (χ1) is 15.1. The molecule has 0 amide bonds. The van der Waals surface area contributed by atoms with Crippen LogP contribution in [0.25, 0.3) is 0 Å². The van der Waals surface area contributed by atoms with Crippen molar-refractivity contribution in [3.05, 3.63) is 85.6 Å². The maximum absolute atomic E-state index is 11.0. The zero-order valence-corrected chi connectivity index (χ0v) is 25.1. The number of thiophene rings is 1. The molecule has 2 fully saturated rings. The molecular formula is C28H40FeOSSn+2. The molecule has 1 aromatic heterocycles. The summed E-state index contributed by atoms with van der Waals surface area (Å²) >= 11 is 0.710. The number of rotatable bonds is 11. The van der Waals surface area contributed by atoms with Crippen LogP contribution < -0.4 is 0 Å². The monoisotopic (exact) mass is 600 g/mol. The number of carbonyl (C=O) groups excluding carboxylic acids is 1. The molecule has 2 saturated carbocycles. The van der Waals surface area contributed by atoms with Crippen LogP contribution in [0, 0.1) is 63.7 Å². The van der Waals surface area contributed by atoms with Crippen molar-refractivity contribution in [1.29, 1.82) is 0 Å². The number of hydrogen-bond acceptors (Lipinski definition) is 2. The molecule has 10 radical (unpaired) electrons. The summed E-state index contributed by atoms with van der Waals surface area (Å²) in [5, 5.41) is 0. The molecule has 32 heavy (non-hydrogen) atoms. The van der Waals surface area contributed by atoms with Gasteiger partial charge in [0.1, 0.15) is 0 Å². The second kappa shape index (κ2) is 22.2. The van der Waals surface area contributed by atoms with E-state index in [1.165, 1.54) is 44.4 Å². The van der Waals surface area contributed by atoms with Crippen molar-refractivity contribution >= 4 is 36.9 Å². The fourth-order valence-electron chi connectivity index (χ4n) is 3.15. The molecule has 0 spiro atoms. The van der Waals surface area contributed by atoms with Crippen LogP contribution in [-0.2, 0) is 17.1 Å². The van der Waals surface area contributed by atoms with Crippen molar-refractivity contribution in [3.63, 3.8) is 0 Å². The number of Topliss-reactive ketones (excluding diaryl/α,β-unsaturated/α-hetero) is 1. The Morgan fingerprint density at radius 3 is 1.69 bits per heavy atom. The predicted octanol–water partition coefficient (Wildman–Crippen LogP) is 8.48. The maximum atomic E-state index is 11.0. The molecule has 0 bridgehead atoms. The zero-order valence-electron chi connectivity index (χ0n) is 20.3. The number of carbonyl (C=O) groups is 1. The van der Waals surface area contributed by atoms with Crippen LogP contribution in [0.2, 0.25) is 13.3 Å². The van der Waals surface area contributed by atoms with E-state index in [2.05, 4.69) is 40.0 Å². The summed E-state index contributed by atoms with van der Waals surface area (Å²) in [5.74, 6) is 1.33. The van der Waals surface area contributed by atoms with Gasteiger partial charge in [0.25, 0.3) is 0 Å². The van der Waals surface area contributed by atoms with E-state index in [0.29, 0.717) is 0 Å². The van der Waals surface area contributed by atoms with E-state index in [0.717, 1.165) is 9.75 Å². The van der Waals surface area contributed by atoms with Crippen molar-refractivity contribution in [2.75, 3.05) is 0 Å². The molecule has 4 heteroatoms. The Morgan fingerprint density at radius 2 is 1.34 bits per heavy atom. The van der Waals surface area contributed by atoms with Crippen molar-refractivity contribution in [2.24, 2.45) is 0 Å². The maximum Gasteiger partial charge on any atom is 2.00 e. The van der Waals surface area contributed by atoms with Gasteiger partial charge in [0.15, 0.2) is 5.78 Å². The van der Waals surface area contributed by atoms with E-state index in [-0.39, 0.29) is 22.9 Å². The third-order valence-corrected chi connectivity index (χ3v) is 15.4. The Kier molecular flexibility index (Phi) is 22.6. The van der Waals surface area contributed by atoms with Crippen LogP contribution in [0.3, 0.4) is 0 Å². The van der Waals surface area contributed by atoms with Crippen LogP contribution in [0.1, 0.15) is 80.8 Å². The third kappa shape index (κ3) is 15.6. The van der Waals surface area contributed by atoms with Crippen LogP contribution >= 0.6 is 11.3 Å². The predicted molar refractivity (Wildman–Crippen MR) is 139 cm³/mol. The minimum absolute atomic E-state index is 0. The van der Waals surface area contributed by atoms with E-state index < -0.39 is 19.8 Å². The molecule has 1 heterocycles. The molecule has 0 N–H and O–H groups in total. The molecule has 0 atom stereocenters. The normalized spacial score (nSPS) is 15.2. The van der Waals surface area contributed by atoms with E-state index in [1.54, 1.807) is 31.6 Å².